The highest BCUT2D eigenvalue weighted by atomic mass is 32.2. The smallest absolute Gasteiger partial charge is 0.313 e. The summed E-state index contributed by atoms with van der Waals surface area (Å²) in [7, 11) is -3.87. The molecule has 3 aromatic rings. The van der Waals surface area contributed by atoms with Gasteiger partial charge in [0.2, 0.25) is 0 Å². The van der Waals surface area contributed by atoms with Crippen molar-refractivity contribution in [2.45, 2.75) is 5.75 Å². The number of benzene rings is 2. The van der Waals surface area contributed by atoms with Crippen molar-refractivity contribution < 1.29 is 12.6 Å². The zero-order valence-electron chi connectivity index (χ0n) is 12.3. The van der Waals surface area contributed by atoms with Crippen LogP contribution < -0.4 is 4.18 Å². The average Bonchev–Trinajstić information content (AvgIpc) is 3.09. The van der Waals surface area contributed by atoms with Gasteiger partial charge >= 0.3 is 10.1 Å². The van der Waals surface area contributed by atoms with Gasteiger partial charge in [0.05, 0.1) is 17.3 Å². The molecule has 0 aliphatic carbocycles. The first-order chi connectivity index (χ1) is 11.6. The predicted octanol–water partition coefficient (Wildman–Crippen LogP) is 1.44. The minimum absolute atomic E-state index is 0.152. The van der Waals surface area contributed by atoms with E-state index in [2.05, 4.69) is 15.5 Å². The van der Waals surface area contributed by atoms with Gasteiger partial charge in [0.15, 0.2) is 0 Å². The van der Waals surface area contributed by atoms with Gasteiger partial charge < -0.3 is 4.18 Å². The second kappa shape index (κ2) is 6.47. The van der Waals surface area contributed by atoms with Crippen LogP contribution in [0, 0.1) is 11.3 Å². The minimum Gasteiger partial charge on any atom is -0.382 e. The highest BCUT2D eigenvalue weighted by Gasteiger charge is 2.15. The van der Waals surface area contributed by atoms with Crippen LogP contribution in [0.2, 0.25) is 0 Å². The lowest BCUT2D eigenvalue weighted by Gasteiger charge is -2.08. The molecule has 8 nitrogen and oxygen atoms in total. The third-order valence-electron chi connectivity index (χ3n) is 3.05. The molecule has 0 amide bonds. The first-order valence-electron chi connectivity index (χ1n) is 6.80. The molecule has 0 saturated carbocycles. The number of aromatic nitrogens is 4. The summed E-state index contributed by atoms with van der Waals surface area (Å²) in [5.74, 6) is -0.183. The van der Waals surface area contributed by atoms with Crippen LogP contribution in [0.5, 0.6) is 5.75 Å². The van der Waals surface area contributed by atoms with E-state index in [1.807, 2.05) is 6.07 Å². The fourth-order valence-electron chi connectivity index (χ4n) is 2.07. The van der Waals surface area contributed by atoms with Crippen LogP contribution in [0.25, 0.3) is 5.69 Å². The molecule has 0 N–H and O–H groups in total. The summed E-state index contributed by atoms with van der Waals surface area (Å²) in [6.07, 6.45) is 1.39. The predicted molar refractivity (Wildman–Crippen MR) is 83.6 cm³/mol. The summed E-state index contributed by atoms with van der Waals surface area (Å²) in [5.41, 5.74) is 1.44. The number of nitrogens with zero attached hydrogens (tertiary/aromatic N) is 5. The fraction of sp³-hybridized carbons (Fsp3) is 0.0667. The monoisotopic (exact) mass is 341 g/mol. The fourth-order valence-corrected chi connectivity index (χ4v) is 3.11. The van der Waals surface area contributed by atoms with Crippen molar-refractivity contribution in [2.24, 2.45) is 0 Å². The van der Waals surface area contributed by atoms with E-state index < -0.39 is 10.1 Å². The maximum atomic E-state index is 12.2. The van der Waals surface area contributed by atoms with E-state index in [0.29, 0.717) is 16.8 Å². The van der Waals surface area contributed by atoms with Crippen LogP contribution >= 0.6 is 0 Å². The molecule has 0 spiro atoms. The second-order valence-electron chi connectivity index (χ2n) is 4.85. The zero-order valence-corrected chi connectivity index (χ0v) is 13.1. The molecule has 9 heteroatoms. The van der Waals surface area contributed by atoms with Crippen molar-refractivity contribution in [1.82, 2.24) is 20.2 Å². The summed E-state index contributed by atoms with van der Waals surface area (Å²) in [6.45, 7) is 0. The van der Waals surface area contributed by atoms with Crippen LogP contribution in [0.1, 0.15) is 11.1 Å². The Kier molecular flexibility index (Phi) is 4.22. The molecule has 0 radical (unpaired) electrons. The van der Waals surface area contributed by atoms with E-state index in [4.69, 9.17) is 9.44 Å². The Morgan fingerprint density at radius 3 is 2.75 bits per heavy atom. The highest BCUT2D eigenvalue weighted by Crippen LogP contribution is 2.19. The summed E-state index contributed by atoms with van der Waals surface area (Å²) in [5, 5.41) is 19.6. The highest BCUT2D eigenvalue weighted by molar-refractivity contribution is 7.86. The Bertz CT molecular complexity index is 994. The Morgan fingerprint density at radius 2 is 2.00 bits per heavy atom. The zero-order chi connectivity index (χ0) is 17.0. The average molecular weight is 341 g/mol. The van der Waals surface area contributed by atoms with E-state index >= 15 is 0 Å². The van der Waals surface area contributed by atoms with Crippen molar-refractivity contribution in [3.05, 3.63) is 66.0 Å². The maximum absolute atomic E-state index is 12.2. The summed E-state index contributed by atoms with van der Waals surface area (Å²) in [6, 6.07) is 14.7. The molecule has 0 atom stereocenters. The molecular formula is C15H11N5O3S. The van der Waals surface area contributed by atoms with Crippen LogP contribution in [-0.4, -0.2) is 28.6 Å². The standard InChI is InChI=1S/C15H11N5O3S/c16-9-12-3-1-4-13(7-12)10-24(21,22)23-15-6-2-5-14(8-15)20-11-17-18-19-20/h1-8,11H,10H2. The maximum Gasteiger partial charge on any atom is 0.313 e. The number of tetrazole rings is 1. The Morgan fingerprint density at radius 1 is 1.17 bits per heavy atom. The molecule has 0 bridgehead atoms. The number of hydrogen-bond donors (Lipinski definition) is 0. The summed E-state index contributed by atoms with van der Waals surface area (Å²) in [4.78, 5) is 0. The lowest BCUT2D eigenvalue weighted by molar-refractivity contribution is 0.485. The van der Waals surface area contributed by atoms with Gasteiger partial charge in [-0.2, -0.15) is 13.7 Å². The van der Waals surface area contributed by atoms with Gasteiger partial charge in [-0.3, -0.25) is 0 Å². The lowest BCUT2D eigenvalue weighted by atomic mass is 10.2. The molecule has 3 rings (SSSR count). The quantitative estimate of drug-likeness (QED) is 0.646. The Balaban J connectivity index is 1.79. The van der Waals surface area contributed by atoms with Crippen molar-refractivity contribution in [2.75, 3.05) is 0 Å². The van der Waals surface area contributed by atoms with Gasteiger partial charge in [-0.1, -0.05) is 18.2 Å². The second-order valence-corrected chi connectivity index (χ2v) is 6.42. The third-order valence-corrected chi connectivity index (χ3v) is 4.19. The molecule has 1 aromatic heterocycles. The normalized spacial score (nSPS) is 11.0. The van der Waals surface area contributed by atoms with Gasteiger partial charge in [0, 0.05) is 6.07 Å². The van der Waals surface area contributed by atoms with Crippen LogP contribution in [0.4, 0.5) is 0 Å². The molecule has 0 aliphatic heterocycles. The molecule has 0 unspecified atom stereocenters. The van der Waals surface area contributed by atoms with Gasteiger partial charge in [0.25, 0.3) is 0 Å². The Hall–Kier alpha value is -3.25. The number of hydrogen-bond acceptors (Lipinski definition) is 7. The summed E-state index contributed by atoms with van der Waals surface area (Å²) < 4.78 is 30.9. The molecule has 2 aromatic carbocycles. The van der Waals surface area contributed by atoms with Crippen LogP contribution in [-0.2, 0) is 15.9 Å². The summed E-state index contributed by atoms with van der Waals surface area (Å²) >= 11 is 0. The van der Waals surface area contributed by atoms with E-state index in [1.54, 1.807) is 30.3 Å². The third kappa shape index (κ3) is 3.74. The van der Waals surface area contributed by atoms with E-state index in [0.717, 1.165) is 0 Å². The topological polar surface area (TPSA) is 111 Å². The molecule has 24 heavy (non-hydrogen) atoms. The minimum atomic E-state index is -3.87. The van der Waals surface area contributed by atoms with Crippen LogP contribution in [0.3, 0.4) is 0 Å². The van der Waals surface area contributed by atoms with E-state index in [9.17, 15) is 8.42 Å². The largest absolute Gasteiger partial charge is 0.382 e. The molecular weight excluding hydrogens is 330 g/mol. The van der Waals surface area contributed by atoms with Crippen molar-refractivity contribution in [3.63, 3.8) is 0 Å². The van der Waals surface area contributed by atoms with Gasteiger partial charge in [-0.05, 0) is 40.3 Å². The van der Waals surface area contributed by atoms with Gasteiger partial charge in [0.1, 0.15) is 17.8 Å². The number of rotatable bonds is 5. The molecule has 1 heterocycles. The van der Waals surface area contributed by atoms with E-state index in [1.165, 1.54) is 29.2 Å². The van der Waals surface area contributed by atoms with Crippen molar-refractivity contribution in [3.8, 4) is 17.5 Å². The van der Waals surface area contributed by atoms with Crippen molar-refractivity contribution >= 4 is 10.1 Å². The molecule has 120 valence electrons. The molecule has 0 fully saturated rings. The molecule has 0 saturated heterocycles. The first-order valence-corrected chi connectivity index (χ1v) is 8.38. The lowest BCUT2D eigenvalue weighted by Crippen LogP contribution is -2.12. The van der Waals surface area contributed by atoms with Gasteiger partial charge in [-0.25, -0.2) is 4.68 Å². The number of nitriles is 1. The van der Waals surface area contributed by atoms with Crippen molar-refractivity contribution in [1.29, 1.82) is 5.26 Å². The van der Waals surface area contributed by atoms with E-state index in [-0.39, 0.29) is 11.5 Å². The molecule has 0 aliphatic rings. The Labute approximate surface area is 138 Å². The first kappa shape index (κ1) is 15.6. The van der Waals surface area contributed by atoms with Gasteiger partial charge in [-0.15, -0.1) is 5.10 Å². The SMILES string of the molecule is N#Cc1cccc(CS(=O)(=O)Oc2cccc(-n3cnnn3)c2)c1. The van der Waals surface area contributed by atoms with Crippen LogP contribution in [0.15, 0.2) is 54.9 Å².